The number of halogens is 3. The van der Waals surface area contributed by atoms with Gasteiger partial charge in [-0.3, -0.25) is 9.59 Å². The molecule has 1 amide bonds. The van der Waals surface area contributed by atoms with Crippen LogP contribution in [0.4, 0.5) is 4.39 Å². The SMILES string of the molecule is CN1CCc2nc(C(=O)NC3CCCCC3(N)C(=O)c3cc4cc(Cl)c(F)cc4[nH]3)sc2C1.Cl. The lowest BCUT2D eigenvalue weighted by Gasteiger charge is -2.39. The van der Waals surface area contributed by atoms with Gasteiger partial charge in [-0.15, -0.1) is 23.7 Å². The van der Waals surface area contributed by atoms with Gasteiger partial charge in [0.1, 0.15) is 11.4 Å². The summed E-state index contributed by atoms with van der Waals surface area (Å²) >= 11 is 7.28. The number of hydrogen-bond donors (Lipinski definition) is 3. The van der Waals surface area contributed by atoms with Crippen molar-refractivity contribution in [2.75, 3.05) is 13.6 Å². The summed E-state index contributed by atoms with van der Waals surface area (Å²) in [7, 11) is 2.05. The molecule has 2 aliphatic rings. The molecule has 1 fully saturated rings. The standard InChI is InChI=1S/C23H25ClFN5O2S.ClH/c1-30-7-5-15-18(11-30)33-22(28-15)21(32)29-19-4-2-3-6-23(19,26)20(31)17-9-12-8-13(24)14(25)10-16(12)27-17;/h8-10,19,27H,2-7,11,26H2,1H3,(H,29,32);1H. The monoisotopic (exact) mass is 525 g/mol. The summed E-state index contributed by atoms with van der Waals surface area (Å²) in [5.74, 6) is -1.16. The molecule has 2 atom stereocenters. The van der Waals surface area contributed by atoms with E-state index in [9.17, 15) is 14.0 Å². The third-order valence-corrected chi connectivity index (χ3v) is 8.08. The molecule has 0 spiro atoms. The molecule has 2 aromatic heterocycles. The largest absolute Gasteiger partial charge is 0.352 e. The number of fused-ring (bicyclic) bond motifs is 2. The molecule has 11 heteroatoms. The normalized spacial score (nSPS) is 22.8. The Morgan fingerprint density at radius 3 is 2.94 bits per heavy atom. The maximum Gasteiger partial charge on any atom is 0.280 e. The first kappa shape index (κ1) is 25.1. The van der Waals surface area contributed by atoms with Crippen molar-refractivity contribution < 1.29 is 14.0 Å². The van der Waals surface area contributed by atoms with E-state index in [0.717, 1.165) is 42.9 Å². The number of H-pyrrole nitrogens is 1. The molecule has 4 N–H and O–H groups in total. The van der Waals surface area contributed by atoms with Crippen LogP contribution in [0, 0.1) is 5.82 Å². The summed E-state index contributed by atoms with van der Waals surface area (Å²) in [4.78, 5) is 37.4. The number of nitrogens with two attached hydrogens (primary N) is 1. The number of hydrogen-bond acceptors (Lipinski definition) is 6. The zero-order valence-electron chi connectivity index (χ0n) is 18.6. The van der Waals surface area contributed by atoms with Crippen molar-refractivity contribution in [3.63, 3.8) is 0 Å². The van der Waals surface area contributed by atoms with Crippen LogP contribution < -0.4 is 11.1 Å². The molecule has 3 aromatic rings. The Balaban J connectivity index is 0.00000274. The number of carbonyl (C=O) groups excluding carboxylic acids is 2. The van der Waals surface area contributed by atoms with E-state index in [1.54, 1.807) is 6.07 Å². The molecule has 34 heavy (non-hydrogen) atoms. The Bertz CT molecular complexity index is 1220. The molecule has 7 nitrogen and oxygen atoms in total. The maximum absolute atomic E-state index is 13.8. The van der Waals surface area contributed by atoms with Crippen LogP contribution >= 0.6 is 35.3 Å². The summed E-state index contributed by atoms with van der Waals surface area (Å²) in [6, 6.07) is 3.85. The van der Waals surface area contributed by atoms with Crippen molar-refractivity contribution >= 4 is 57.9 Å². The Morgan fingerprint density at radius 2 is 2.15 bits per heavy atom. The molecule has 182 valence electrons. The minimum Gasteiger partial charge on any atom is -0.352 e. The van der Waals surface area contributed by atoms with Crippen molar-refractivity contribution in [2.24, 2.45) is 5.73 Å². The minimum atomic E-state index is -1.27. The number of benzene rings is 1. The van der Waals surface area contributed by atoms with E-state index < -0.39 is 17.4 Å². The predicted molar refractivity (Wildman–Crippen MR) is 134 cm³/mol. The van der Waals surface area contributed by atoms with Crippen LogP contribution in [0.3, 0.4) is 0 Å². The molecule has 1 aliphatic heterocycles. The number of aromatic amines is 1. The summed E-state index contributed by atoms with van der Waals surface area (Å²) < 4.78 is 13.8. The number of nitrogens with one attached hydrogen (secondary N) is 2. The Morgan fingerprint density at radius 1 is 1.35 bits per heavy atom. The van der Waals surface area contributed by atoms with Crippen LogP contribution in [0.15, 0.2) is 18.2 Å². The van der Waals surface area contributed by atoms with Gasteiger partial charge in [-0.2, -0.15) is 0 Å². The molecule has 1 aliphatic carbocycles. The van der Waals surface area contributed by atoms with Crippen LogP contribution in [0.25, 0.3) is 10.9 Å². The van der Waals surface area contributed by atoms with E-state index in [1.807, 2.05) is 7.05 Å². The van der Waals surface area contributed by atoms with Gasteiger partial charge < -0.3 is 20.9 Å². The quantitative estimate of drug-likeness (QED) is 0.445. The first-order valence-electron chi connectivity index (χ1n) is 11.0. The molecule has 0 radical (unpaired) electrons. The number of Topliss-reactive ketones (excluding diaryl/α,β-unsaturated/α-hetero) is 1. The van der Waals surface area contributed by atoms with E-state index >= 15 is 0 Å². The molecule has 1 saturated carbocycles. The average molecular weight is 526 g/mol. The first-order chi connectivity index (χ1) is 15.7. The van der Waals surface area contributed by atoms with Gasteiger partial charge >= 0.3 is 0 Å². The highest BCUT2D eigenvalue weighted by atomic mass is 35.5. The van der Waals surface area contributed by atoms with Crippen LogP contribution in [-0.4, -0.2) is 51.7 Å². The van der Waals surface area contributed by atoms with Crippen molar-refractivity contribution in [3.05, 3.63) is 50.3 Å². The Hall–Kier alpha value is -2.04. The smallest absolute Gasteiger partial charge is 0.280 e. The molecule has 5 rings (SSSR count). The van der Waals surface area contributed by atoms with Gasteiger partial charge in [-0.1, -0.05) is 24.4 Å². The first-order valence-corrected chi connectivity index (χ1v) is 12.2. The van der Waals surface area contributed by atoms with E-state index in [4.69, 9.17) is 17.3 Å². The second kappa shape index (κ2) is 9.54. The highest BCUT2D eigenvalue weighted by Gasteiger charge is 2.45. The second-order valence-electron chi connectivity index (χ2n) is 9.05. The van der Waals surface area contributed by atoms with Gasteiger partial charge in [0.05, 0.1) is 22.5 Å². The molecular weight excluding hydrogens is 500 g/mol. The zero-order valence-corrected chi connectivity index (χ0v) is 21.0. The zero-order chi connectivity index (χ0) is 23.3. The van der Waals surface area contributed by atoms with Gasteiger partial charge in [-0.05, 0) is 38.1 Å². The van der Waals surface area contributed by atoms with Gasteiger partial charge in [0, 0.05) is 35.3 Å². The third kappa shape index (κ3) is 4.47. The van der Waals surface area contributed by atoms with Crippen molar-refractivity contribution in [2.45, 2.75) is 50.2 Å². The van der Waals surface area contributed by atoms with Gasteiger partial charge in [-0.25, -0.2) is 9.37 Å². The summed E-state index contributed by atoms with van der Waals surface area (Å²) in [6.45, 7) is 1.70. The number of likely N-dealkylation sites (N-methyl/N-ethyl adjacent to an activating group) is 1. The number of aromatic nitrogens is 2. The van der Waals surface area contributed by atoms with Crippen LogP contribution in [0.1, 0.15) is 56.5 Å². The molecule has 0 saturated heterocycles. The molecule has 0 bridgehead atoms. The van der Waals surface area contributed by atoms with Crippen LogP contribution in [0.5, 0.6) is 0 Å². The number of rotatable bonds is 4. The molecular formula is C23H26Cl2FN5O2S. The number of thiazole rings is 1. The third-order valence-electron chi connectivity index (χ3n) is 6.71. The number of amides is 1. The fourth-order valence-corrected chi connectivity index (χ4v) is 6.07. The number of nitrogens with zero attached hydrogens (tertiary/aromatic N) is 2. The lowest BCUT2D eigenvalue weighted by Crippen LogP contribution is -2.64. The van der Waals surface area contributed by atoms with Gasteiger partial charge in [0.15, 0.2) is 5.01 Å². The Labute approximate surface area is 211 Å². The lowest BCUT2D eigenvalue weighted by molar-refractivity contribution is 0.0755. The van der Waals surface area contributed by atoms with E-state index in [-0.39, 0.29) is 34.8 Å². The van der Waals surface area contributed by atoms with E-state index in [2.05, 4.69) is 20.2 Å². The second-order valence-corrected chi connectivity index (χ2v) is 10.5. The fourth-order valence-electron chi connectivity index (χ4n) is 4.81. The fraction of sp³-hybridized carbons (Fsp3) is 0.435. The van der Waals surface area contributed by atoms with E-state index in [1.165, 1.54) is 23.5 Å². The Kier molecular flexibility index (Phi) is 7.04. The topological polar surface area (TPSA) is 104 Å². The minimum absolute atomic E-state index is 0. The van der Waals surface area contributed by atoms with Crippen molar-refractivity contribution in [1.82, 2.24) is 20.2 Å². The van der Waals surface area contributed by atoms with Gasteiger partial charge in [0.2, 0.25) is 5.78 Å². The maximum atomic E-state index is 13.8. The van der Waals surface area contributed by atoms with Crippen LogP contribution in [-0.2, 0) is 13.0 Å². The highest BCUT2D eigenvalue weighted by molar-refractivity contribution is 7.13. The van der Waals surface area contributed by atoms with E-state index in [0.29, 0.717) is 28.8 Å². The lowest BCUT2D eigenvalue weighted by atomic mass is 9.74. The summed E-state index contributed by atoms with van der Waals surface area (Å²) in [5, 5.41) is 4.03. The van der Waals surface area contributed by atoms with Gasteiger partial charge in [0.25, 0.3) is 5.91 Å². The van der Waals surface area contributed by atoms with Crippen molar-refractivity contribution in [1.29, 1.82) is 0 Å². The number of carbonyl (C=O) groups is 2. The number of ketones is 1. The van der Waals surface area contributed by atoms with Crippen LogP contribution in [0.2, 0.25) is 5.02 Å². The molecule has 3 heterocycles. The molecule has 1 aromatic carbocycles. The summed E-state index contributed by atoms with van der Waals surface area (Å²) in [6.07, 6.45) is 3.52. The highest BCUT2D eigenvalue weighted by Crippen LogP contribution is 2.32. The summed E-state index contributed by atoms with van der Waals surface area (Å²) in [5.41, 5.74) is 7.15. The predicted octanol–water partition coefficient (Wildman–Crippen LogP) is 4.08. The van der Waals surface area contributed by atoms with Crippen molar-refractivity contribution in [3.8, 4) is 0 Å². The average Bonchev–Trinajstić information content (AvgIpc) is 3.38. The molecule has 2 unspecified atom stereocenters.